The second-order valence-electron chi connectivity index (χ2n) is 6.31. The number of hydrogen-bond donors (Lipinski definition) is 3. The number of thiophene rings is 1. The molecule has 0 radical (unpaired) electrons. The number of carbonyl (C=O) groups is 3. The second-order valence-corrected chi connectivity index (χ2v) is 7.23. The van der Waals surface area contributed by atoms with E-state index in [1.807, 2.05) is 36.5 Å². The van der Waals surface area contributed by atoms with Gasteiger partial charge in [-0.25, -0.2) is 4.79 Å². The summed E-state index contributed by atoms with van der Waals surface area (Å²) < 4.78 is 0. The third kappa shape index (κ3) is 3.21. The number of H-pyrrole nitrogens is 1. The number of rotatable bonds is 5. The molecule has 0 spiro atoms. The Labute approximate surface area is 163 Å². The minimum Gasteiger partial charge on any atom is -0.361 e. The molecule has 1 atom stereocenters. The van der Waals surface area contributed by atoms with Crippen molar-refractivity contribution in [1.82, 2.24) is 15.2 Å². The second kappa shape index (κ2) is 7.17. The van der Waals surface area contributed by atoms with E-state index in [1.54, 1.807) is 11.4 Å². The Balaban J connectivity index is 1.44. The van der Waals surface area contributed by atoms with Crippen LogP contribution in [0.25, 0.3) is 10.9 Å². The molecule has 0 saturated carbocycles. The van der Waals surface area contributed by atoms with Crippen LogP contribution in [0.4, 0.5) is 9.80 Å². The highest BCUT2D eigenvalue weighted by Gasteiger charge is 2.39. The largest absolute Gasteiger partial charge is 0.361 e. The summed E-state index contributed by atoms with van der Waals surface area (Å²) in [6.45, 7) is -0.405. The quantitative estimate of drug-likeness (QED) is 0.576. The van der Waals surface area contributed by atoms with Gasteiger partial charge in [0.05, 0.1) is 5.56 Å². The van der Waals surface area contributed by atoms with Crippen molar-refractivity contribution in [3.63, 3.8) is 0 Å². The Morgan fingerprint density at radius 2 is 2.11 bits per heavy atom. The Bertz CT molecular complexity index is 1130. The number of nitrogens with zero attached hydrogens (tertiary/aromatic N) is 2. The lowest BCUT2D eigenvalue weighted by Crippen LogP contribution is -2.38. The van der Waals surface area contributed by atoms with Gasteiger partial charge in [-0.15, -0.1) is 11.3 Å². The number of carbonyl (C=O) groups excluding carboxylic acids is 3. The molecule has 3 N–H and O–H groups in total. The third-order valence-corrected chi connectivity index (χ3v) is 5.38. The van der Waals surface area contributed by atoms with Crippen LogP contribution in [0.15, 0.2) is 41.9 Å². The molecule has 9 heteroatoms. The fourth-order valence-corrected chi connectivity index (χ4v) is 3.94. The molecule has 1 aliphatic heterocycles. The molecule has 1 aromatic carbocycles. The molecule has 4 amide bonds. The monoisotopic (exact) mass is 393 g/mol. The average molecular weight is 393 g/mol. The Kier molecular flexibility index (Phi) is 4.55. The van der Waals surface area contributed by atoms with Crippen LogP contribution >= 0.6 is 11.3 Å². The number of imide groups is 1. The predicted octanol–water partition coefficient (Wildman–Crippen LogP) is 2.20. The maximum atomic E-state index is 12.6. The van der Waals surface area contributed by atoms with Gasteiger partial charge in [0.15, 0.2) is 0 Å². The molecule has 1 fully saturated rings. The highest BCUT2D eigenvalue weighted by atomic mass is 32.1. The van der Waals surface area contributed by atoms with E-state index < -0.39 is 30.4 Å². The van der Waals surface area contributed by atoms with Crippen LogP contribution in [-0.2, 0) is 16.0 Å². The van der Waals surface area contributed by atoms with Gasteiger partial charge in [-0.2, -0.15) is 5.26 Å². The van der Waals surface area contributed by atoms with E-state index in [0.717, 1.165) is 21.4 Å². The van der Waals surface area contributed by atoms with Crippen molar-refractivity contribution < 1.29 is 14.4 Å². The van der Waals surface area contributed by atoms with E-state index in [2.05, 4.69) is 15.6 Å². The minimum absolute atomic E-state index is 0.330. The van der Waals surface area contributed by atoms with Crippen LogP contribution in [0.1, 0.15) is 11.1 Å². The first-order valence-electron chi connectivity index (χ1n) is 8.51. The van der Waals surface area contributed by atoms with Crippen molar-refractivity contribution >= 4 is 45.1 Å². The number of para-hydroxylation sites is 1. The number of anilines is 1. The van der Waals surface area contributed by atoms with E-state index in [4.69, 9.17) is 5.26 Å². The van der Waals surface area contributed by atoms with Crippen LogP contribution in [0, 0.1) is 11.3 Å². The number of hydrogen-bond acceptors (Lipinski definition) is 5. The third-order valence-electron chi connectivity index (χ3n) is 4.55. The summed E-state index contributed by atoms with van der Waals surface area (Å²) in [5.41, 5.74) is 2.21. The number of nitriles is 1. The van der Waals surface area contributed by atoms with Gasteiger partial charge >= 0.3 is 6.03 Å². The molecule has 0 unspecified atom stereocenters. The van der Waals surface area contributed by atoms with Crippen LogP contribution in [0.3, 0.4) is 0 Å². The molecular weight excluding hydrogens is 378 g/mol. The van der Waals surface area contributed by atoms with E-state index in [1.165, 1.54) is 11.3 Å². The topological polar surface area (TPSA) is 118 Å². The van der Waals surface area contributed by atoms with Crippen molar-refractivity contribution in [2.75, 3.05) is 11.9 Å². The lowest BCUT2D eigenvalue weighted by atomic mass is 10.1. The highest BCUT2D eigenvalue weighted by Crippen LogP contribution is 2.23. The highest BCUT2D eigenvalue weighted by molar-refractivity contribution is 7.14. The molecule has 2 aromatic heterocycles. The minimum atomic E-state index is -0.726. The Hall–Kier alpha value is -3.64. The summed E-state index contributed by atoms with van der Waals surface area (Å²) >= 11 is 1.20. The molecule has 4 rings (SSSR count). The van der Waals surface area contributed by atoms with Crippen molar-refractivity contribution in [3.8, 4) is 6.07 Å². The number of fused-ring (bicyclic) bond motifs is 1. The smallest absolute Gasteiger partial charge is 0.325 e. The van der Waals surface area contributed by atoms with Gasteiger partial charge in [-0.05, 0) is 23.1 Å². The first-order chi connectivity index (χ1) is 13.6. The van der Waals surface area contributed by atoms with Crippen molar-refractivity contribution in [3.05, 3.63) is 53.0 Å². The molecule has 0 aliphatic carbocycles. The summed E-state index contributed by atoms with van der Waals surface area (Å²) in [6, 6.07) is 9.94. The fourth-order valence-electron chi connectivity index (χ4n) is 3.19. The van der Waals surface area contributed by atoms with Gasteiger partial charge in [-0.3, -0.25) is 14.5 Å². The van der Waals surface area contributed by atoms with Crippen molar-refractivity contribution in [2.45, 2.75) is 12.5 Å². The SMILES string of the molecule is N#Cc1ccsc1NC(=O)CN1C(=O)N[C@H](Cc2c[nH]c3ccccc23)C1=O. The Morgan fingerprint density at radius 1 is 1.29 bits per heavy atom. The Morgan fingerprint density at radius 3 is 2.93 bits per heavy atom. The maximum Gasteiger partial charge on any atom is 0.325 e. The molecule has 3 heterocycles. The molecule has 3 aromatic rings. The van der Waals surface area contributed by atoms with E-state index >= 15 is 0 Å². The molecule has 140 valence electrons. The van der Waals surface area contributed by atoms with Gasteiger partial charge in [-0.1, -0.05) is 18.2 Å². The van der Waals surface area contributed by atoms with Crippen LogP contribution in [-0.4, -0.2) is 40.3 Å². The summed E-state index contributed by atoms with van der Waals surface area (Å²) in [5, 5.41) is 17.3. The van der Waals surface area contributed by atoms with Crippen LogP contribution < -0.4 is 10.6 Å². The molecule has 1 aliphatic rings. The maximum absolute atomic E-state index is 12.6. The molecular formula is C19H15N5O3S. The van der Waals surface area contributed by atoms with Gasteiger partial charge in [0, 0.05) is 23.5 Å². The summed E-state index contributed by atoms with van der Waals surface area (Å²) in [7, 11) is 0. The lowest BCUT2D eigenvalue weighted by molar-refractivity contribution is -0.130. The van der Waals surface area contributed by atoms with E-state index in [0.29, 0.717) is 17.0 Å². The lowest BCUT2D eigenvalue weighted by Gasteiger charge is -2.12. The zero-order valence-corrected chi connectivity index (χ0v) is 15.4. The van der Waals surface area contributed by atoms with Crippen molar-refractivity contribution in [2.24, 2.45) is 0 Å². The summed E-state index contributed by atoms with van der Waals surface area (Å²) in [5.74, 6) is -0.979. The number of benzene rings is 1. The van der Waals surface area contributed by atoms with Gasteiger partial charge in [0.25, 0.3) is 5.91 Å². The number of aromatic nitrogens is 1. The number of urea groups is 1. The van der Waals surface area contributed by atoms with E-state index in [9.17, 15) is 14.4 Å². The summed E-state index contributed by atoms with van der Waals surface area (Å²) in [4.78, 5) is 41.1. The number of aromatic amines is 1. The zero-order valence-electron chi connectivity index (χ0n) is 14.6. The van der Waals surface area contributed by atoms with Crippen LogP contribution in [0.5, 0.6) is 0 Å². The molecule has 28 heavy (non-hydrogen) atoms. The first-order valence-corrected chi connectivity index (χ1v) is 9.39. The van der Waals surface area contributed by atoms with Crippen molar-refractivity contribution in [1.29, 1.82) is 5.26 Å². The predicted molar refractivity (Wildman–Crippen MR) is 104 cm³/mol. The van der Waals surface area contributed by atoms with E-state index in [-0.39, 0.29) is 0 Å². The van der Waals surface area contributed by atoms with Gasteiger partial charge in [0.2, 0.25) is 5.91 Å². The van der Waals surface area contributed by atoms with Crippen LogP contribution in [0.2, 0.25) is 0 Å². The zero-order chi connectivity index (χ0) is 19.7. The first kappa shape index (κ1) is 17.8. The van der Waals surface area contributed by atoms with Gasteiger partial charge < -0.3 is 15.6 Å². The average Bonchev–Trinajstić information content (AvgIpc) is 3.37. The standard InChI is InChI=1S/C19H15N5O3S/c20-8-11-5-6-28-17(11)23-16(25)10-24-18(26)15(22-19(24)27)7-12-9-21-14-4-2-1-3-13(12)14/h1-6,9,15,21H,7,10H2,(H,22,27)(H,23,25)/t15-/m1/s1. The molecule has 8 nitrogen and oxygen atoms in total. The number of amides is 4. The van der Waals surface area contributed by atoms with Gasteiger partial charge in [0.1, 0.15) is 23.7 Å². The fraction of sp³-hybridized carbons (Fsp3) is 0.158. The normalized spacial score (nSPS) is 16.2. The number of nitrogens with one attached hydrogen (secondary N) is 3. The summed E-state index contributed by atoms with van der Waals surface area (Å²) in [6.07, 6.45) is 2.15. The molecule has 0 bridgehead atoms. The molecule has 1 saturated heterocycles.